The smallest absolute Gasteiger partial charge is 0.341 e. The monoisotopic (exact) mass is 351 g/mol. The topological polar surface area (TPSA) is 64.6 Å². The molecule has 2 aliphatic rings. The molecule has 0 bridgehead atoms. The van der Waals surface area contributed by atoms with Crippen molar-refractivity contribution < 1.29 is 19.1 Å². The maximum atomic E-state index is 12.6. The van der Waals surface area contributed by atoms with Crippen LogP contribution >= 0.6 is 11.3 Å². The van der Waals surface area contributed by atoms with E-state index < -0.39 is 0 Å². The van der Waals surface area contributed by atoms with Gasteiger partial charge in [0.1, 0.15) is 11.6 Å². The van der Waals surface area contributed by atoms with Crippen LogP contribution in [0.5, 0.6) is 0 Å². The highest BCUT2D eigenvalue weighted by atomic mass is 32.1. The van der Waals surface area contributed by atoms with E-state index in [1.165, 1.54) is 4.88 Å². The Morgan fingerprint density at radius 1 is 1.12 bits per heavy atom. The first-order valence-electron chi connectivity index (χ1n) is 8.82. The number of hydrogen-bond acceptors (Lipinski definition) is 5. The summed E-state index contributed by atoms with van der Waals surface area (Å²) in [7, 11) is 1.58. The Morgan fingerprint density at radius 3 is 2.62 bits per heavy atom. The highest BCUT2D eigenvalue weighted by Gasteiger charge is 2.29. The number of carbonyl (C=O) groups excluding carboxylic acids is 2. The van der Waals surface area contributed by atoms with Gasteiger partial charge >= 0.3 is 5.97 Å². The average molecular weight is 351 g/mol. The van der Waals surface area contributed by atoms with Crippen LogP contribution in [0.2, 0.25) is 0 Å². The van der Waals surface area contributed by atoms with Gasteiger partial charge in [0, 0.05) is 17.9 Å². The summed E-state index contributed by atoms with van der Waals surface area (Å²) in [5.41, 5.74) is 1.66. The number of anilines is 1. The van der Waals surface area contributed by atoms with Gasteiger partial charge in [0.2, 0.25) is 5.91 Å². The highest BCUT2D eigenvalue weighted by molar-refractivity contribution is 7.17. The Kier molecular flexibility index (Phi) is 5.89. The number of rotatable bonds is 6. The highest BCUT2D eigenvalue weighted by Crippen LogP contribution is 2.39. The minimum absolute atomic E-state index is 0.0528. The van der Waals surface area contributed by atoms with E-state index in [9.17, 15) is 9.59 Å². The number of methoxy groups -OCH3 is 1. The summed E-state index contributed by atoms with van der Waals surface area (Å²) in [5, 5.41) is 3.71. The van der Waals surface area contributed by atoms with Crippen LogP contribution in [0.3, 0.4) is 0 Å². The minimum atomic E-state index is -0.340. The summed E-state index contributed by atoms with van der Waals surface area (Å²) in [6.45, 7) is 0.609. The fourth-order valence-corrected chi connectivity index (χ4v) is 4.84. The number of amides is 1. The lowest BCUT2D eigenvalue weighted by atomic mass is 9.95. The summed E-state index contributed by atoms with van der Waals surface area (Å²) in [5.74, 6) is -0.202. The van der Waals surface area contributed by atoms with Gasteiger partial charge in [-0.2, -0.15) is 0 Å². The van der Waals surface area contributed by atoms with Crippen LogP contribution in [-0.2, 0) is 27.1 Å². The standard InChI is InChI=1S/C18H25NO4S/c1-22-10-11-23-18(21)15-13-8-4-5-9-14(13)24-17(15)19-16(20)12-6-2-3-7-12/h12H,2-11H2,1H3,(H,19,20). The number of ether oxygens (including phenoxy) is 2. The number of fused-ring (bicyclic) bond motifs is 1. The first kappa shape index (κ1) is 17.4. The molecule has 1 N–H and O–H groups in total. The van der Waals surface area contributed by atoms with Crippen molar-refractivity contribution in [3.8, 4) is 0 Å². The fourth-order valence-electron chi connectivity index (χ4n) is 3.56. The Labute approximate surface area is 146 Å². The number of hydrogen-bond donors (Lipinski definition) is 1. The molecule has 0 spiro atoms. The summed E-state index contributed by atoms with van der Waals surface area (Å²) in [6.07, 6.45) is 8.22. The first-order valence-corrected chi connectivity index (χ1v) is 9.63. The Morgan fingerprint density at radius 2 is 1.88 bits per heavy atom. The van der Waals surface area contributed by atoms with Crippen molar-refractivity contribution in [2.45, 2.75) is 51.4 Å². The molecule has 132 valence electrons. The van der Waals surface area contributed by atoms with Gasteiger partial charge in [-0.25, -0.2) is 4.79 Å². The lowest BCUT2D eigenvalue weighted by Gasteiger charge is -2.13. The normalized spacial score (nSPS) is 17.5. The van der Waals surface area contributed by atoms with Crippen LogP contribution < -0.4 is 5.32 Å². The van der Waals surface area contributed by atoms with E-state index in [1.54, 1.807) is 18.4 Å². The van der Waals surface area contributed by atoms with Crippen molar-refractivity contribution in [1.82, 2.24) is 0 Å². The van der Waals surface area contributed by atoms with E-state index in [2.05, 4.69) is 5.32 Å². The predicted octanol–water partition coefficient (Wildman–Crippen LogP) is 3.56. The zero-order valence-electron chi connectivity index (χ0n) is 14.2. The summed E-state index contributed by atoms with van der Waals surface area (Å²) >= 11 is 1.55. The molecular weight excluding hydrogens is 326 g/mol. The van der Waals surface area contributed by atoms with E-state index in [4.69, 9.17) is 9.47 Å². The molecule has 6 heteroatoms. The fraction of sp³-hybridized carbons (Fsp3) is 0.667. The third-order valence-electron chi connectivity index (χ3n) is 4.86. The zero-order valence-corrected chi connectivity index (χ0v) is 15.0. The van der Waals surface area contributed by atoms with Crippen LogP contribution in [0, 0.1) is 5.92 Å². The van der Waals surface area contributed by atoms with E-state index >= 15 is 0 Å². The molecule has 0 radical (unpaired) electrons. The second-order valence-electron chi connectivity index (χ2n) is 6.51. The molecule has 2 aliphatic carbocycles. The quantitative estimate of drug-likeness (QED) is 0.629. The van der Waals surface area contributed by atoms with Crippen LogP contribution in [-0.4, -0.2) is 32.2 Å². The van der Waals surface area contributed by atoms with Gasteiger partial charge in [-0.1, -0.05) is 12.8 Å². The number of aryl methyl sites for hydroxylation is 1. The molecule has 1 heterocycles. The Balaban J connectivity index is 1.80. The molecule has 1 fully saturated rings. The summed E-state index contributed by atoms with van der Waals surface area (Å²) in [4.78, 5) is 26.3. The minimum Gasteiger partial charge on any atom is -0.460 e. The largest absolute Gasteiger partial charge is 0.460 e. The lowest BCUT2D eigenvalue weighted by molar-refractivity contribution is -0.119. The molecule has 3 rings (SSSR count). The van der Waals surface area contributed by atoms with Gasteiger partial charge in [0.25, 0.3) is 0 Å². The van der Waals surface area contributed by atoms with Gasteiger partial charge in [-0.15, -0.1) is 11.3 Å². The number of esters is 1. The predicted molar refractivity (Wildman–Crippen MR) is 93.7 cm³/mol. The van der Waals surface area contributed by atoms with E-state index in [1.807, 2.05) is 0 Å². The molecule has 5 nitrogen and oxygen atoms in total. The first-order chi connectivity index (χ1) is 11.7. The average Bonchev–Trinajstić information content (AvgIpc) is 3.22. The number of thiophene rings is 1. The molecule has 1 saturated carbocycles. The third-order valence-corrected chi connectivity index (χ3v) is 6.07. The van der Waals surface area contributed by atoms with Crippen LogP contribution in [0.1, 0.15) is 59.3 Å². The molecule has 0 aromatic carbocycles. The Hall–Kier alpha value is -1.40. The second-order valence-corrected chi connectivity index (χ2v) is 7.62. The van der Waals surface area contributed by atoms with Crippen molar-refractivity contribution in [3.05, 3.63) is 16.0 Å². The van der Waals surface area contributed by atoms with Gasteiger partial charge in [-0.05, 0) is 44.1 Å². The molecule has 1 aromatic heterocycles. The number of carbonyl (C=O) groups is 2. The van der Waals surface area contributed by atoms with E-state index in [-0.39, 0.29) is 24.4 Å². The van der Waals surface area contributed by atoms with Crippen molar-refractivity contribution in [2.24, 2.45) is 5.92 Å². The third kappa shape index (κ3) is 3.81. The summed E-state index contributed by atoms with van der Waals surface area (Å²) < 4.78 is 10.3. The van der Waals surface area contributed by atoms with Crippen LogP contribution in [0.15, 0.2) is 0 Å². The maximum Gasteiger partial charge on any atom is 0.341 e. The molecule has 24 heavy (non-hydrogen) atoms. The number of nitrogens with one attached hydrogen (secondary N) is 1. The van der Waals surface area contributed by atoms with Crippen molar-refractivity contribution >= 4 is 28.2 Å². The van der Waals surface area contributed by atoms with Crippen LogP contribution in [0.4, 0.5) is 5.00 Å². The molecule has 1 aromatic rings. The lowest BCUT2D eigenvalue weighted by Crippen LogP contribution is -2.21. The molecule has 0 atom stereocenters. The van der Waals surface area contributed by atoms with E-state index in [0.29, 0.717) is 17.2 Å². The Bertz CT molecular complexity index is 604. The van der Waals surface area contributed by atoms with Crippen LogP contribution in [0.25, 0.3) is 0 Å². The van der Waals surface area contributed by atoms with Gasteiger partial charge in [0.05, 0.1) is 12.2 Å². The molecule has 0 saturated heterocycles. The SMILES string of the molecule is COCCOC(=O)c1c(NC(=O)C2CCCC2)sc2c1CCCC2. The zero-order chi connectivity index (χ0) is 16.9. The summed E-state index contributed by atoms with van der Waals surface area (Å²) in [6, 6.07) is 0. The van der Waals surface area contributed by atoms with Gasteiger partial charge in [0.15, 0.2) is 0 Å². The molecule has 1 amide bonds. The second kappa shape index (κ2) is 8.12. The molecule has 0 aliphatic heterocycles. The van der Waals surface area contributed by atoms with E-state index in [0.717, 1.165) is 56.9 Å². The van der Waals surface area contributed by atoms with Gasteiger partial charge in [-0.3, -0.25) is 4.79 Å². The maximum absolute atomic E-state index is 12.6. The molecular formula is C18H25NO4S. The van der Waals surface area contributed by atoms with Crippen molar-refractivity contribution in [3.63, 3.8) is 0 Å². The molecule has 0 unspecified atom stereocenters. The van der Waals surface area contributed by atoms with Crippen molar-refractivity contribution in [1.29, 1.82) is 0 Å². The van der Waals surface area contributed by atoms with Crippen molar-refractivity contribution in [2.75, 3.05) is 25.6 Å². The van der Waals surface area contributed by atoms with Gasteiger partial charge < -0.3 is 14.8 Å².